The number of H-pyrrole nitrogens is 1. The Morgan fingerprint density at radius 2 is 2.25 bits per heavy atom. The highest BCUT2D eigenvalue weighted by Crippen LogP contribution is 2.28. The monoisotopic (exact) mass is 300 g/mol. The van der Waals surface area contributed by atoms with E-state index in [-0.39, 0.29) is 11.5 Å². The first kappa shape index (κ1) is 14.1. The van der Waals surface area contributed by atoms with Crippen molar-refractivity contribution in [1.29, 1.82) is 0 Å². The van der Waals surface area contributed by atoms with Crippen LogP contribution in [0.3, 0.4) is 0 Å². The fourth-order valence-corrected chi connectivity index (χ4v) is 1.56. The van der Waals surface area contributed by atoms with Crippen LogP contribution < -0.4 is 9.47 Å². The molecule has 0 saturated carbocycles. The van der Waals surface area contributed by atoms with E-state index < -0.39 is 6.61 Å². The Kier molecular flexibility index (Phi) is 4.41. The van der Waals surface area contributed by atoms with E-state index >= 15 is 0 Å². The molecule has 2 aromatic rings. The highest BCUT2D eigenvalue weighted by atomic mass is 32.1. The Hall–Kier alpha value is -2.29. The van der Waals surface area contributed by atoms with E-state index in [2.05, 4.69) is 20.0 Å². The summed E-state index contributed by atoms with van der Waals surface area (Å²) in [4.78, 5) is 0. The van der Waals surface area contributed by atoms with Gasteiger partial charge in [0.1, 0.15) is 6.33 Å². The van der Waals surface area contributed by atoms with Gasteiger partial charge in [0, 0.05) is 0 Å². The lowest BCUT2D eigenvalue weighted by atomic mass is 10.2. The lowest BCUT2D eigenvalue weighted by molar-refractivity contribution is -0.0512. The zero-order valence-corrected chi connectivity index (χ0v) is 11.1. The van der Waals surface area contributed by atoms with Crippen molar-refractivity contribution in [3.05, 3.63) is 34.9 Å². The standard InChI is InChI=1S/C11H10F2N4O2S/c1-18-9-4-7(2-3-8(9)19-10(12)13)5-15-17-6-14-16-11(17)20/h2-6,10H,1H3,(H,16,20)/b15-5-. The molecule has 20 heavy (non-hydrogen) atoms. The molecule has 0 aliphatic carbocycles. The first-order chi connectivity index (χ1) is 9.60. The molecule has 1 heterocycles. The number of alkyl halides is 2. The van der Waals surface area contributed by atoms with Crippen LogP contribution in [-0.2, 0) is 0 Å². The van der Waals surface area contributed by atoms with E-state index in [4.69, 9.17) is 17.0 Å². The molecule has 0 aliphatic heterocycles. The van der Waals surface area contributed by atoms with E-state index in [1.165, 1.54) is 36.5 Å². The van der Waals surface area contributed by atoms with E-state index in [0.29, 0.717) is 10.3 Å². The molecule has 0 fully saturated rings. The van der Waals surface area contributed by atoms with Crippen LogP contribution in [0.25, 0.3) is 0 Å². The summed E-state index contributed by atoms with van der Waals surface area (Å²) in [5.41, 5.74) is 0.631. The van der Waals surface area contributed by atoms with Crippen molar-refractivity contribution in [1.82, 2.24) is 14.9 Å². The lowest BCUT2D eigenvalue weighted by Gasteiger charge is -2.09. The van der Waals surface area contributed by atoms with Gasteiger partial charge in [0.05, 0.1) is 13.3 Å². The van der Waals surface area contributed by atoms with Gasteiger partial charge in [-0.3, -0.25) is 5.10 Å². The number of aromatic nitrogens is 3. The topological polar surface area (TPSA) is 64.4 Å². The summed E-state index contributed by atoms with van der Waals surface area (Å²) in [6, 6.07) is 4.46. The van der Waals surface area contributed by atoms with Gasteiger partial charge in [-0.2, -0.15) is 23.7 Å². The van der Waals surface area contributed by atoms with Crippen LogP contribution >= 0.6 is 12.2 Å². The van der Waals surface area contributed by atoms with Gasteiger partial charge in [-0.15, -0.1) is 0 Å². The minimum Gasteiger partial charge on any atom is -0.493 e. The van der Waals surface area contributed by atoms with Crippen molar-refractivity contribution in [3.8, 4) is 11.5 Å². The maximum Gasteiger partial charge on any atom is 0.387 e. The van der Waals surface area contributed by atoms with E-state index in [1.54, 1.807) is 6.07 Å². The predicted molar refractivity (Wildman–Crippen MR) is 70.0 cm³/mol. The fourth-order valence-electron chi connectivity index (χ4n) is 1.41. The van der Waals surface area contributed by atoms with Gasteiger partial charge in [-0.25, -0.2) is 0 Å². The van der Waals surface area contributed by atoms with Crippen LogP contribution in [-0.4, -0.2) is 34.8 Å². The molecule has 0 unspecified atom stereocenters. The average molecular weight is 300 g/mol. The van der Waals surface area contributed by atoms with Crippen molar-refractivity contribution < 1.29 is 18.3 Å². The number of hydrogen-bond acceptors (Lipinski definition) is 5. The number of aromatic amines is 1. The second-order valence-electron chi connectivity index (χ2n) is 3.54. The van der Waals surface area contributed by atoms with E-state index in [0.717, 1.165) is 0 Å². The van der Waals surface area contributed by atoms with Crippen LogP contribution in [0.5, 0.6) is 11.5 Å². The number of methoxy groups -OCH3 is 1. The van der Waals surface area contributed by atoms with Crippen LogP contribution in [0.2, 0.25) is 0 Å². The van der Waals surface area contributed by atoms with Gasteiger partial charge in [-0.05, 0) is 36.0 Å². The summed E-state index contributed by atoms with van der Waals surface area (Å²) in [6.45, 7) is -2.91. The van der Waals surface area contributed by atoms with Crippen molar-refractivity contribution >= 4 is 18.4 Å². The Morgan fingerprint density at radius 1 is 1.45 bits per heavy atom. The largest absolute Gasteiger partial charge is 0.493 e. The summed E-state index contributed by atoms with van der Waals surface area (Å²) in [5.74, 6) is 0.143. The van der Waals surface area contributed by atoms with Crippen molar-refractivity contribution in [2.75, 3.05) is 7.11 Å². The van der Waals surface area contributed by atoms with Crippen molar-refractivity contribution in [3.63, 3.8) is 0 Å². The number of nitrogens with one attached hydrogen (secondary N) is 1. The Morgan fingerprint density at radius 3 is 2.85 bits per heavy atom. The third-order valence-electron chi connectivity index (χ3n) is 2.27. The number of benzene rings is 1. The minimum absolute atomic E-state index is 0.0421. The second kappa shape index (κ2) is 6.24. The molecule has 6 nitrogen and oxygen atoms in total. The molecular formula is C11H10F2N4O2S. The summed E-state index contributed by atoms with van der Waals surface area (Å²) < 4.78 is 35.4. The number of hydrogen-bond donors (Lipinski definition) is 1. The van der Waals surface area contributed by atoms with Gasteiger partial charge >= 0.3 is 6.61 Å². The van der Waals surface area contributed by atoms with Crippen molar-refractivity contribution in [2.45, 2.75) is 6.61 Å². The summed E-state index contributed by atoms with van der Waals surface area (Å²) in [7, 11) is 1.36. The summed E-state index contributed by atoms with van der Waals surface area (Å²) in [5, 5.41) is 10.3. The zero-order valence-electron chi connectivity index (χ0n) is 10.3. The van der Waals surface area contributed by atoms with Gasteiger partial charge in [0.15, 0.2) is 11.5 Å². The summed E-state index contributed by atoms with van der Waals surface area (Å²) in [6.07, 6.45) is 2.89. The first-order valence-corrected chi connectivity index (χ1v) is 5.80. The molecule has 0 atom stereocenters. The fraction of sp³-hybridized carbons (Fsp3) is 0.182. The SMILES string of the molecule is COc1cc(/C=N\n2cn[nH]c2=S)ccc1OC(F)F. The highest BCUT2D eigenvalue weighted by molar-refractivity contribution is 7.71. The molecule has 9 heteroatoms. The number of halogens is 2. The third kappa shape index (κ3) is 3.38. The van der Waals surface area contributed by atoms with Crippen molar-refractivity contribution in [2.24, 2.45) is 5.10 Å². The first-order valence-electron chi connectivity index (χ1n) is 5.39. The molecule has 2 rings (SSSR count). The third-order valence-corrected chi connectivity index (χ3v) is 2.55. The van der Waals surface area contributed by atoms with Gasteiger partial charge < -0.3 is 9.47 Å². The van der Waals surface area contributed by atoms with Gasteiger partial charge in [0.2, 0.25) is 4.77 Å². The maximum atomic E-state index is 12.2. The van der Waals surface area contributed by atoms with E-state index in [1.807, 2.05) is 0 Å². The average Bonchev–Trinajstić information content (AvgIpc) is 2.82. The molecule has 106 valence electrons. The predicted octanol–water partition coefficient (Wildman–Crippen LogP) is 2.43. The summed E-state index contributed by atoms with van der Waals surface area (Å²) >= 11 is 4.92. The Balaban J connectivity index is 2.23. The minimum atomic E-state index is -2.91. The molecule has 0 bridgehead atoms. The highest BCUT2D eigenvalue weighted by Gasteiger charge is 2.10. The molecule has 0 amide bonds. The number of ether oxygens (including phenoxy) is 2. The van der Waals surface area contributed by atoms with Gasteiger partial charge in [-0.1, -0.05) is 0 Å². The van der Waals surface area contributed by atoms with Crippen LogP contribution in [0, 0.1) is 4.77 Å². The number of nitrogens with zero attached hydrogens (tertiary/aromatic N) is 3. The molecule has 1 aromatic heterocycles. The molecule has 0 aliphatic rings. The maximum absolute atomic E-state index is 12.2. The zero-order chi connectivity index (χ0) is 14.5. The van der Waals surface area contributed by atoms with Crippen LogP contribution in [0.4, 0.5) is 8.78 Å². The van der Waals surface area contributed by atoms with Gasteiger partial charge in [0.25, 0.3) is 0 Å². The normalized spacial score (nSPS) is 11.2. The molecular weight excluding hydrogens is 290 g/mol. The lowest BCUT2D eigenvalue weighted by Crippen LogP contribution is -2.03. The molecule has 0 spiro atoms. The molecule has 1 N–H and O–H groups in total. The van der Waals surface area contributed by atoms with Crippen LogP contribution in [0.15, 0.2) is 29.6 Å². The van der Waals surface area contributed by atoms with Crippen LogP contribution in [0.1, 0.15) is 5.56 Å². The second-order valence-corrected chi connectivity index (χ2v) is 3.93. The molecule has 1 aromatic carbocycles. The Labute approximate surface area is 117 Å². The number of rotatable bonds is 5. The quantitative estimate of drug-likeness (QED) is 0.680. The Bertz CT molecular complexity index is 668. The molecule has 0 radical (unpaired) electrons. The van der Waals surface area contributed by atoms with E-state index in [9.17, 15) is 8.78 Å². The molecule has 0 saturated heterocycles. The smallest absolute Gasteiger partial charge is 0.387 e.